The van der Waals surface area contributed by atoms with E-state index >= 15 is 0 Å². The molecule has 0 aromatic heterocycles. The Labute approximate surface area is 107 Å². The van der Waals surface area contributed by atoms with Gasteiger partial charge in [0.15, 0.2) is 0 Å². The summed E-state index contributed by atoms with van der Waals surface area (Å²) in [5.74, 6) is -0.295. The zero-order chi connectivity index (χ0) is 13.8. The number of benzene rings is 1. The molecule has 1 rings (SSSR count). The summed E-state index contributed by atoms with van der Waals surface area (Å²) in [5, 5.41) is 2.60. The molecule has 0 unspecified atom stereocenters. The molecule has 6 nitrogen and oxygen atoms in total. The van der Waals surface area contributed by atoms with E-state index in [-0.39, 0.29) is 12.5 Å². The van der Waals surface area contributed by atoms with Gasteiger partial charge in [-0.25, -0.2) is 8.42 Å². The molecule has 7 heteroatoms. The fourth-order valence-corrected chi connectivity index (χ4v) is 1.80. The third-order valence-corrected chi connectivity index (χ3v) is 3.47. The quantitative estimate of drug-likeness (QED) is 0.854. The second-order valence-electron chi connectivity index (χ2n) is 3.76. The Kier molecular flexibility index (Phi) is 4.69. The molecule has 0 spiro atoms. The summed E-state index contributed by atoms with van der Waals surface area (Å²) in [6, 6.07) is 6.56. The minimum absolute atomic E-state index is 0.0495. The number of rotatable bonds is 5. The summed E-state index contributed by atoms with van der Waals surface area (Å²) in [7, 11) is -0.442. The minimum Gasteiger partial charge on any atom is -0.375 e. The minimum atomic E-state index is -3.32. The first-order valence-electron chi connectivity index (χ1n) is 5.17. The lowest BCUT2D eigenvalue weighted by molar-refractivity contribution is -0.119. The Morgan fingerprint density at radius 3 is 2.67 bits per heavy atom. The summed E-state index contributed by atoms with van der Waals surface area (Å²) in [6.07, 6.45) is 1.11. The van der Waals surface area contributed by atoms with Gasteiger partial charge in [0.1, 0.15) is 6.61 Å². The predicted octanol–water partition coefficient (Wildman–Crippen LogP) is 0.667. The van der Waals surface area contributed by atoms with E-state index in [0.29, 0.717) is 11.4 Å². The average Bonchev–Trinajstić information content (AvgIpc) is 2.27. The van der Waals surface area contributed by atoms with Crippen LogP contribution in [-0.4, -0.2) is 41.3 Å². The number of carbonyl (C=O) groups is 1. The smallest absolute Gasteiger partial charge is 0.250 e. The normalized spacial score (nSPS) is 11.1. The van der Waals surface area contributed by atoms with Crippen LogP contribution in [-0.2, 0) is 19.6 Å². The van der Waals surface area contributed by atoms with Crippen LogP contribution in [0.5, 0.6) is 0 Å². The first-order chi connectivity index (χ1) is 8.34. The molecule has 0 aliphatic carbocycles. The molecule has 0 atom stereocenters. The van der Waals surface area contributed by atoms with Gasteiger partial charge in [0.25, 0.3) is 0 Å². The number of methoxy groups -OCH3 is 1. The number of ether oxygens (including phenoxy) is 1. The maximum Gasteiger partial charge on any atom is 0.250 e. The summed E-state index contributed by atoms with van der Waals surface area (Å²) < 4.78 is 28.6. The molecule has 0 saturated heterocycles. The van der Waals surface area contributed by atoms with Crippen LogP contribution in [0.3, 0.4) is 0 Å². The molecule has 0 heterocycles. The maximum absolute atomic E-state index is 11.4. The van der Waals surface area contributed by atoms with Crippen molar-refractivity contribution in [1.29, 1.82) is 0 Å². The van der Waals surface area contributed by atoms with Gasteiger partial charge >= 0.3 is 0 Å². The number of anilines is 2. The lowest BCUT2D eigenvalue weighted by Crippen LogP contribution is -2.25. The van der Waals surface area contributed by atoms with Gasteiger partial charge in [0.05, 0.1) is 11.9 Å². The number of nitrogens with one attached hydrogen (secondary N) is 1. The summed E-state index contributed by atoms with van der Waals surface area (Å²) in [6.45, 7) is -0.0495. The highest BCUT2D eigenvalue weighted by atomic mass is 32.2. The third kappa shape index (κ3) is 4.01. The predicted molar refractivity (Wildman–Crippen MR) is 70.2 cm³/mol. The monoisotopic (exact) mass is 272 g/mol. The van der Waals surface area contributed by atoms with Crippen molar-refractivity contribution in [2.24, 2.45) is 0 Å². The molecule has 0 aliphatic heterocycles. The number of hydrogen-bond donors (Lipinski definition) is 1. The van der Waals surface area contributed by atoms with E-state index in [1.54, 1.807) is 24.3 Å². The van der Waals surface area contributed by atoms with Crippen molar-refractivity contribution in [1.82, 2.24) is 0 Å². The van der Waals surface area contributed by atoms with E-state index in [2.05, 4.69) is 10.1 Å². The van der Waals surface area contributed by atoms with Gasteiger partial charge in [-0.3, -0.25) is 9.10 Å². The average molecular weight is 272 g/mol. The van der Waals surface area contributed by atoms with Gasteiger partial charge in [-0.05, 0) is 18.2 Å². The fourth-order valence-electron chi connectivity index (χ4n) is 1.30. The van der Waals surface area contributed by atoms with E-state index in [1.165, 1.54) is 14.2 Å². The van der Waals surface area contributed by atoms with Crippen molar-refractivity contribution < 1.29 is 17.9 Å². The third-order valence-electron chi connectivity index (χ3n) is 2.27. The van der Waals surface area contributed by atoms with E-state index in [4.69, 9.17) is 0 Å². The van der Waals surface area contributed by atoms with E-state index in [1.807, 2.05) is 0 Å². The van der Waals surface area contributed by atoms with Crippen molar-refractivity contribution in [2.75, 3.05) is 36.6 Å². The second kappa shape index (κ2) is 5.83. The van der Waals surface area contributed by atoms with Crippen LogP contribution in [0.2, 0.25) is 0 Å². The molecule has 0 fully saturated rings. The van der Waals surface area contributed by atoms with Crippen molar-refractivity contribution in [2.45, 2.75) is 0 Å². The number of sulfonamides is 1. The van der Waals surface area contributed by atoms with Crippen LogP contribution in [0.25, 0.3) is 0 Å². The van der Waals surface area contributed by atoms with Crippen molar-refractivity contribution in [3.63, 3.8) is 0 Å². The topological polar surface area (TPSA) is 75.7 Å². The zero-order valence-corrected chi connectivity index (χ0v) is 11.3. The Balaban J connectivity index is 2.89. The number of hydrogen-bond acceptors (Lipinski definition) is 4. The van der Waals surface area contributed by atoms with Crippen LogP contribution in [0.4, 0.5) is 11.4 Å². The SMILES string of the molecule is COCC(=O)Nc1cccc(N(C)S(C)(=O)=O)c1. The summed E-state index contributed by atoms with van der Waals surface area (Å²) in [4.78, 5) is 11.3. The zero-order valence-electron chi connectivity index (χ0n) is 10.5. The number of amides is 1. The van der Waals surface area contributed by atoms with Crippen LogP contribution in [0, 0.1) is 0 Å². The van der Waals surface area contributed by atoms with Crippen LogP contribution in [0.15, 0.2) is 24.3 Å². The van der Waals surface area contributed by atoms with E-state index < -0.39 is 10.0 Å². The standard InChI is InChI=1S/C11H16N2O4S/c1-13(18(3,15)16)10-6-4-5-9(7-10)12-11(14)8-17-2/h4-7H,8H2,1-3H3,(H,12,14). The molecule has 1 aromatic carbocycles. The van der Waals surface area contributed by atoms with Gasteiger partial charge in [-0.2, -0.15) is 0 Å². The van der Waals surface area contributed by atoms with E-state index in [0.717, 1.165) is 10.6 Å². The fraction of sp³-hybridized carbons (Fsp3) is 0.364. The van der Waals surface area contributed by atoms with Gasteiger partial charge < -0.3 is 10.1 Å². The molecule has 0 radical (unpaired) electrons. The van der Waals surface area contributed by atoms with Gasteiger partial charge in [-0.15, -0.1) is 0 Å². The molecule has 0 saturated carbocycles. The first-order valence-corrected chi connectivity index (χ1v) is 7.02. The number of carbonyl (C=O) groups excluding carboxylic acids is 1. The highest BCUT2D eigenvalue weighted by Crippen LogP contribution is 2.20. The summed E-state index contributed by atoms with van der Waals surface area (Å²) in [5.41, 5.74) is 0.998. The van der Waals surface area contributed by atoms with Crippen LogP contribution in [0.1, 0.15) is 0 Å². The Morgan fingerprint density at radius 1 is 1.44 bits per heavy atom. The molecule has 1 amide bonds. The molecule has 1 aromatic rings. The molecule has 1 N–H and O–H groups in total. The van der Waals surface area contributed by atoms with Crippen molar-refractivity contribution >= 4 is 27.3 Å². The molecular weight excluding hydrogens is 256 g/mol. The van der Waals surface area contributed by atoms with Crippen molar-refractivity contribution in [3.8, 4) is 0 Å². The molecular formula is C11H16N2O4S. The van der Waals surface area contributed by atoms with Crippen LogP contribution >= 0.6 is 0 Å². The lowest BCUT2D eigenvalue weighted by atomic mass is 10.3. The summed E-state index contributed by atoms with van der Waals surface area (Å²) >= 11 is 0. The van der Waals surface area contributed by atoms with Crippen LogP contribution < -0.4 is 9.62 Å². The Morgan fingerprint density at radius 2 is 2.11 bits per heavy atom. The molecule has 18 heavy (non-hydrogen) atoms. The molecule has 0 aliphatic rings. The first kappa shape index (κ1) is 14.5. The highest BCUT2D eigenvalue weighted by molar-refractivity contribution is 7.92. The van der Waals surface area contributed by atoms with Gasteiger partial charge in [-0.1, -0.05) is 6.07 Å². The second-order valence-corrected chi connectivity index (χ2v) is 5.78. The molecule has 0 bridgehead atoms. The highest BCUT2D eigenvalue weighted by Gasteiger charge is 2.12. The Hall–Kier alpha value is -1.60. The maximum atomic E-state index is 11.4. The van der Waals surface area contributed by atoms with Gasteiger partial charge in [0.2, 0.25) is 15.9 Å². The Bertz CT molecular complexity index is 528. The number of nitrogens with zero attached hydrogens (tertiary/aromatic N) is 1. The lowest BCUT2D eigenvalue weighted by Gasteiger charge is -2.17. The molecule has 100 valence electrons. The van der Waals surface area contributed by atoms with Crippen molar-refractivity contribution in [3.05, 3.63) is 24.3 Å². The largest absolute Gasteiger partial charge is 0.375 e. The van der Waals surface area contributed by atoms with E-state index in [9.17, 15) is 13.2 Å². The van der Waals surface area contributed by atoms with Gasteiger partial charge in [0, 0.05) is 19.8 Å².